The molecule has 2 aromatic rings. The van der Waals surface area contributed by atoms with Crippen LogP contribution in [0.15, 0.2) is 42.5 Å². The van der Waals surface area contributed by atoms with Gasteiger partial charge in [0.15, 0.2) is 0 Å². The molecule has 0 aliphatic carbocycles. The van der Waals surface area contributed by atoms with E-state index in [2.05, 4.69) is 56.3 Å². The van der Waals surface area contributed by atoms with Crippen molar-refractivity contribution in [2.24, 2.45) is 0 Å². The highest BCUT2D eigenvalue weighted by Gasteiger charge is 2.14. The van der Waals surface area contributed by atoms with E-state index < -0.39 is 0 Å². The van der Waals surface area contributed by atoms with Crippen molar-refractivity contribution in [2.75, 3.05) is 6.61 Å². The molecule has 20 heavy (non-hydrogen) atoms. The van der Waals surface area contributed by atoms with Gasteiger partial charge in [-0.1, -0.05) is 62.7 Å². The molecule has 0 aromatic heterocycles. The van der Waals surface area contributed by atoms with Gasteiger partial charge in [0.05, 0.1) is 6.10 Å². The van der Waals surface area contributed by atoms with E-state index in [1.165, 1.54) is 16.3 Å². The molecule has 2 nitrogen and oxygen atoms in total. The summed E-state index contributed by atoms with van der Waals surface area (Å²) in [6, 6.07) is 14.9. The Balaban J connectivity index is 2.18. The van der Waals surface area contributed by atoms with Gasteiger partial charge in [0.25, 0.3) is 0 Å². The maximum Gasteiger partial charge on any atom is 0.434 e. The Morgan fingerprint density at radius 1 is 1.00 bits per heavy atom. The Morgan fingerprint density at radius 2 is 1.80 bits per heavy atom. The maximum absolute atomic E-state index is 5.98. The fourth-order valence-electron chi connectivity index (χ4n) is 2.31. The van der Waals surface area contributed by atoms with Crippen LogP contribution in [0.1, 0.15) is 44.8 Å². The van der Waals surface area contributed by atoms with Gasteiger partial charge in [0.2, 0.25) is 0 Å². The van der Waals surface area contributed by atoms with Crippen LogP contribution >= 0.6 is 0 Å². The van der Waals surface area contributed by atoms with Crippen molar-refractivity contribution in [3.63, 3.8) is 0 Å². The summed E-state index contributed by atoms with van der Waals surface area (Å²) in [5.41, 5.74) is 1.28. The first-order valence-electron chi connectivity index (χ1n) is 7.37. The van der Waals surface area contributed by atoms with Crippen LogP contribution in [0.25, 0.3) is 10.8 Å². The molecule has 0 saturated heterocycles. The normalized spacial score (nSPS) is 12.7. The van der Waals surface area contributed by atoms with Crippen LogP contribution in [-0.4, -0.2) is 16.6 Å². The smallest absolute Gasteiger partial charge is 0.393 e. The Morgan fingerprint density at radius 3 is 2.60 bits per heavy atom. The van der Waals surface area contributed by atoms with Crippen molar-refractivity contribution in [1.29, 1.82) is 0 Å². The lowest BCUT2D eigenvalue weighted by atomic mass is 9.98. The second kappa shape index (κ2) is 8.20. The van der Waals surface area contributed by atoms with E-state index in [9.17, 15) is 0 Å². The molecular formula is C17H22O2Si. The molecule has 0 amide bonds. The van der Waals surface area contributed by atoms with E-state index in [4.69, 9.17) is 8.85 Å². The maximum atomic E-state index is 5.98. The SMILES string of the molecule is CCCO[Si]OC(CCC)c1cccc2ccccc12. The Hall–Kier alpha value is -1.16. The number of fused-ring (bicyclic) bond motifs is 1. The molecule has 0 heterocycles. The van der Waals surface area contributed by atoms with Gasteiger partial charge >= 0.3 is 10.0 Å². The quantitative estimate of drug-likeness (QED) is 0.519. The number of hydrogen-bond acceptors (Lipinski definition) is 2. The number of rotatable bonds is 8. The van der Waals surface area contributed by atoms with Crippen LogP contribution in [0.5, 0.6) is 0 Å². The first-order valence-corrected chi connectivity index (χ1v) is 8.18. The minimum absolute atomic E-state index is 0.126. The predicted molar refractivity (Wildman–Crippen MR) is 84.7 cm³/mol. The fourth-order valence-corrected chi connectivity index (χ4v) is 3.02. The van der Waals surface area contributed by atoms with Gasteiger partial charge < -0.3 is 8.85 Å². The Kier molecular flexibility index (Phi) is 6.24. The molecule has 1 unspecified atom stereocenters. The van der Waals surface area contributed by atoms with Crippen LogP contribution in [0.4, 0.5) is 0 Å². The highest BCUT2D eigenvalue weighted by Crippen LogP contribution is 2.29. The van der Waals surface area contributed by atoms with Gasteiger partial charge in [-0.2, -0.15) is 0 Å². The zero-order valence-corrected chi connectivity index (χ0v) is 13.3. The molecule has 3 heteroatoms. The molecule has 0 N–H and O–H groups in total. The molecule has 1 atom stereocenters. The lowest BCUT2D eigenvalue weighted by Crippen LogP contribution is -2.12. The van der Waals surface area contributed by atoms with Crippen molar-refractivity contribution in [2.45, 2.75) is 39.2 Å². The zero-order chi connectivity index (χ0) is 14.2. The van der Waals surface area contributed by atoms with Crippen LogP contribution in [0.2, 0.25) is 0 Å². The first-order chi connectivity index (χ1) is 9.86. The average molecular weight is 286 g/mol. The number of hydrogen-bond donors (Lipinski definition) is 0. The van der Waals surface area contributed by atoms with Crippen LogP contribution < -0.4 is 0 Å². The van der Waals surface area contributed by atoms with E-state index in [1.54, 1.807) is 0 Å². The standard InChI is InChI=1S/C17H22O2Si/c1-3-8-17(19-20-18-13-4-2)16-12-7-10-14-9-5-6-11-15(14)16/h5-7,9-12,17H,3-4,8,13H2,1-2H3. The van der Waals surface area contributed by atoms with Crippen molar-refractivity contribution >= 4 is 20.8 Å². The summed E-state index contributed by atoms with van der Waals surface area (Å²) in [7, 11) is 0.126. The summed E-state index contributed by atoms with van der Waals surface area (Å²) >= 11 is 0. The second-order valence-electron chi connectivity index (χ2n) is 4.90. The predicted octanol–water partition coefficient (Wildman–Crippen LogP) is 4.66. The van der Waals surface area contributed by atoms with E-state index in [1.807, 2.05) is 0 Å². The summed E-state index contributed by atoms with van der Waals surface area (Å²) < 4.78 is 11.5. The molecule has 106 valence electrons. The van der Waals surface area contributed by atoms with Gasteiger partial charge in [-0.05, 0) is 29.2 Å². The third-order valence-corrected chi connectivity index (χ3v) is 3.98. The molecule has 0 aliphatic heterocycles. The molecule has 2 radical (unpaired) electrons. The molecule has 0 aliphatic rings. The Labute approximate surface area is 124 Å². The molecule has 0 bridgehead atoms. The third-order valence-electron chi connectivity index (χ3n) is 3.28. The largest absolute Gasteiger partial charge is 0.434 e. The van der Waals surface area contributed by atoms with Gasteiger partial charge in [0.1, 0.15) is 0 Å². The van der Waals surface area contributed by atoms with Crippen molar-refractivity contribution in [3.8, 4) is 0 Å². The molecule has 2 aromatic carbocycles. The first kappa shape index (κ1) is 15.2. The molecular weight excluding hydrogens is 264 g/mol. The van der Waals surface area contributed by atoms with Crippen LogP contribution in [0.3, 0.4) is 0 Å². The molecule has 0 saturated carbocycles. The van der Waals surface area contributed by atoms with Crippen molar-refractivity contribution < 1.29 is 8.85 Å². The molecule has 0 fully saturated rings. The highest BCUT2D eigenvalue weighted by atomic mass is 28.3. The van der Waals surface area contributed by atoms with Crippen molar-refractivity contribution in [1.82, 2.24) is 0 Å². The number of benzene rings is 2. The van der Waals surface area contributed by atoms with Crippen molar-refractivity contribution in [3.05, 3.63) is 48.0 Å². The lowest BCUT2D eigenvalue weighted by Gasteiger charge is -2.19. The summed E-state index contributed by atoms with van der Waals surface area (Å²) in [6.45, 7) is 5.07. The topological polar surface area (TPSA) is 18.5 Å². The molecule has 2 rings (SSSR count). The van der Waals surface area contributed by atoms with Crippen LogP contribution in [0, 0.1) is 0 Å². The summed E-state index contributed by atoms with van der Waals surface area (Å²) in [4.78, 5) is 0. The second-order valence-corrected chi connectivity index (χ2v) is 5.59. The average Bonchev–Trinajstić information content (AvgIpc) is 2.50. The minimum Gasteiger partial charge on any atom is -0.393 e. The lowest BCUT2D eigenvalue weighted by molar-refractivity contribution is 0.149. The van der Waals surface area contributed by atoms with E-state index in [0.29, 0.717) is 0 Å². The van der Waals surface area contributed by atoms with Gasteiger partial charge in [-0.3, -0.25) is 0 Å². The molecule has 0 spiro atoms. The van der Waals surface area contributed by atoms with Gasteiger partial charge in [-0.15, -0.1) is 0 Å². The van der Waals surface area contributed by atoms with Gasteiger partial charge in [0, 0.05) is 6.61 Å². The fraction of sp³-hybridized carbons (Fsp3) is 0.412. The van der Waals surface area contributed by atoms with E-state index in [0.717, 1.165) is 25.9 Å². The summed E-state index contributed by atoms with van der Waals surface area (Å²) in [5, 5.41) is 2.56. The monoisotopic (exact) mass is 286 g/mol. The summed E-state index contributed by atoms with van der Waals surface area (Å²) in [5.74, 6) is 0. The highest BCUT2D eigenvalue weighted by molar-refractivity contribution is 6.18. The van der Waals surface area contributed by atoms with E-state index >= 15 is 0 Å². The minimum atomic E-state index is 0.126. The Bertz CT molecular complexity index is 522. The zero-order valence-electron chi connectivity index (χ0n) is 12.3. The third kappa shape index (κ3) is 3.92. The van der Waals surface area contributed by atoms with E-state index in [-0.39, 0.29) is 16.1 Å². The van der Waals surface area contributed by atoms with Gasteiger partial charge in [-0.25, -0.2) is 0 Å². The van der Waals surface area contributed by atoms with Crippen LogP contribution in [-0.2, 0) is 8.85 Å². The summed E-state index contributed by atoms with van der Waals surface area (Å²) in [6.07, 6.45) is 3.28.